The molecule has 0 amide bonds. The van der Waals surface area contributed by atoms with Gasteiger partial charge in [-0.25, -0.2) is 4.79 Å². The summed E-state index contributed by atoms with van der Waals surface area (Å²) >= 11 is 0. The van der Waals surface area contributed by atoms with Crippen molar-refractivity contribution in [3.63, 3.8) is 0 Å². The van der Waals surface area contributed by atoms with Crippen molar-refractivity contribution < 1.29 is 14.3 Å². The molecule has 0 saturated carbocycles. The van der Waals surface area contributed by atoms with Gasteiger partial charge in [-0.3, -0.25) is 4.79 Å². The molecular formula is C8H8O3. The van der Waals surface area contributed by atoms with E-state index in [4.69, 9.17) is 4.74 Å². The Morgan fingerprint density at radius 3 is 3.00 bits per heavy atom. The van der Waals surface area contributed by atoms with Gasteiger partial charge in [0, 0.05) is 17.9 Å². The number of allylic oxidation sites excluding steroid dienone is 1. The molecule has 11 heavy (non-hydrogen) atoms. The summed E-state index contributed by atoms with van der Waals surface area (Å²) in [6.45, 7) is 0.466. The predicted octanol–water partition coefficient (Wildman–Crippen LogP) is 0.449. The molecule has 1 saturated heterocycles. The number of hydrogen-bond donors (Lipinski definition) is 0. The maximum atomic E-state index is 11.0. The summed E-state index contributed by atoms with van der Waals surface area (Å²) < 4.78 is 4.78. The number of esters is 1. The highest BCUT2D eigenvalue weighted by Crippen LogP contribution is 2.30. The Morgan fingerprint density at radius 2 is 2.27 bits per heavy atom. The molecule has 0 aromatic rings. The van der Waals surface area contributed by atoms with Gasteiger partial charge in [-0.15, -0.1) is 0 Å². The quantitative estimate of drug-likeness (QED) is 0.473. The molecule has 0 aromatic carbocycles. The third-order valence-corrected chi connectivity index (χ3v) is 2.14. The fourth-order valence-corrected chi connectivity index (χ4v) is 1.56. The van der Waals surface area contributed by atoms with Crippen molar-refractivity contribution in [1.29, 1.82) is 0 Å². The molecule has 0 spiro atoms. The van der Waals surface area contributed by atoms with Crippen LogP contribution in [0.4, 0.5) is 0 Å². The third-order valence-electron chi connectivity index (χ3n) is 2.14. The molecule has 0 aromatic heterocycles. The van der Waals surface area contributed by atoms with Gasteiger partial charge in [-0.2, -0.15) is 0 Å². The van der Waals surface area contributed by atoms with Gasteiger partial charge in [-0.05, 0) is 12.5 Å². The maximum absolute atomic E-state index is 11.0. The molecule has 0 N–H and O–H groups in total. The molecule has 0 bridgehead atoms. The fourth-order valence-electron chi connectivity index (χ4n) is 1.56. The van der Waals surface area contributed by atoms with Gasteiger partial charge in [0.05, 0.1) is 6.61 Å². The first-order valence-corrected chi connectivity index (χ1v) is 3.69. The first-order chi connectivity index (χ1) is 5.27. The lowest BCUT2D eigenvalue weighted by Gasteiger charge is -2.18. The Hall–Kier alpha value is -1.12. The van der Waals surface area contributed by atoms with Gasteiger partial charge in [0.2, 0.25) is 0 Å². The molecule has 1 heterocycles. The van der Waals surface area contributed by atoms with Crippen molar-refractivity contribution in [2.75, 3.05) is 6.61 Å². The van der Waals surface area contributed by atoms with Gasteiger partial charge < -0.3 is 4.74 Å². The highest BCUT2D eigenvalue weighted by molar-refractivity contribution is 6.04. The average Bonchev–Trinajstić information content (AvgIpc) is 2.31. The Kier molecular flexibility index (Phi) is 1.31. The number of fused-ring (bicyclic) bond motifs is 1. The van der Waals surface area contributed by atoms with Gasteiger partial charge in [0.25, 0.3) is 0 Å². The summed E-state index contributed by atoms with van der Waals surface area (Å²) in [4.78, 5) is 21.8. The Balaban J connectivity index is 2.29. The maximum Gasteiger partial charge on any atom is 0.334 e. The summed E-state index contributed by atoms with van der Waals surface area (Å²) in [6, 6.07) is 0. The van der Waals surface area contributed by atoms with Crippen LogP contribution in [0, 0.1) is 5.92 Å². The van der Waals surface area contributed by atoms with E-state index < -0.39 is 0 Å². The summed E-state index contributed by atoms with van der Waals surface area (Å²) in [5.41, 5.74) is 0.584. The van der Waals surface area contributed by atoms with Gasteiger partial charge in [0.1, 0.15) is 0 Å². The molecular weight excluding hydrogens is 144 g/mol. The number of ketones is 1. The van der Waals surface area contributed by atoms with Crippen LogP contribution < -0.4 is 0 Å². The van der Waals surface area contributed by atoms with Crippen LogP contribution in [0.3, 0.4) is 0 Å². The molecule has 3 nitrogen and oxygen atoms in total. The zero-order valence-electron chi connectivity index (χ0n) is 6.00. The Labute approximate surface area is 64.0 Å². The van der Waals surface area contributed by atoms with E-state index in [0.29, 0.717) is 18.6 Å². The minimum atomic E-state index is -0.299. The number of rotatable bonds is 0. The van der Waals surface area contributed by atoms with Crippen molar-refractivity contribution in [3.8, 4) is 0 Å². The first-order valence-electron chi connectivity index (χ1n) is 3.69. The molecule has 58 valence electrons. The lowest BCUT2D eigenvalue weighted by Crippen LogP contribution is -2.21. The lowest BCUT2D eigenvalue weighted by atomic mass is 9.96. The summed E-state index contributed by atoms with van der Waals surface area (Å²) in [5, 5.41) is 0. The third kappa shape index (κ3) is 0.964. The molecule has 1 aliphatic heterocycles. The number of cyclic esters (lactones) is 1. The SMILES string of the molecule is O=C1C=C2C(=O)OCCC2C1. The van der Waals surface area contributed by atoms with Crippen molar-refractivity contribution >= 4 is 11.8 Å². The predicted molar refractivity (Wildman–Crippen MR) is 36.8 cm³/mol. The van der Waals surface area contributed by atoms with Gasteiger partial charge in [0.15, 0.2) is 5.78 Å². The van der Waals surface area contributed by atoms with E-state index in [1.807, 2.05) is 0 Å². The van der Waals surface area contributed by atoms with E-state index in [2.05, 4.69) is 0 Å². The zero-order valence-corrected chi connectivity index (χ0v) is 6.00. The van der Waals surface area contributed by atoms with Crippen LogP contribution in [0.15, 0.2) is 11.6 Å². The lowest BCUT2D eigenvalue weighted by molar-refractivity contribution is -0.142. The molecule has 0 radical (unpaired) electrons. The molecule has 1 unspecified atom stereocenters. The van der Waals surface area contributed by atoms with E-state index in [1.165, 1.54) is 6.08 Å². The second kappa shape index (κ2) is 2.19. The van der Waals surface area contributed by atoms with Crippen LogP contribution in [0.2, 0.25) is 0 Å². The van der Waals surface area contributed by atoms with Crippen LogP contribution in [-0.2, 0) is 14.3 Å². The minimum absolute atomic E-state index is 0.0591. The average molecular weight is 152 g/mol. The van der Waals surface area contributed by atoms with E-state index in [9.17, 15) is 9.59 Å². The normalized spacial score (nSPS) is 29.5. The van der Waals surface area contributed by atoms with Crippen LogP contribution in [0.25, 0.3) is 0 Å². The van der Waals surface area contributed by atoms with Crippen LogP contribution in [-0.4, -0.2) is 18.4 Å². The second-order valence-electron chi connectivity index (χ2n) is 2.89. The smallest absolute Gasteiger partial charge is 0.334 e. The van der Waals surface area contributed by atoms with Crippen molar-refractivity contribution in [3.05, 3.63) is 11.6 Å². The number of hydrogen-bond acceptors (Lipinski definition) is 3. The number of carbonyl (C=O) groups is 2. The van der Waals surface area contributed by atoms with Crippen LogP contribution >= 0.6 is 0 Å². The molecule has 3 heteroatoms. The summed E-state index contributed by atoms with van der Waals surface area (Å²) in [6.07, 6.45) is 2.74. The molecule has 2 aliphatic rings. The number of carbonyl (C=O) groups excluding carboxylic acids is 2. The topological polar surface area (TPSA) is 43.4 Å². The van der Waals surface area contributed by atoms with Gasteiger partial charge >= 0.3 is 5.97 Å². The van der Waals surface area contributed by atoms with Crippen LogP contribution in [0.5, 0.6) is 0 Å². The van der Waals surface area contributed by atoms with E-state index in [-0.39, 0.29) is 17.7 Å². The van der Waals surface area contributed by atoms with Gasteiger partial charge in [-0.1, -0.05) is 0 Å². The Bertz CT molecular complexity index is 252. The van der Waals surface area contributed by atoms with E-state index in [1.54, 1.807) is 0 Å². The van der Waals surface area contributed by atoms with Crippen molar-refractivity contribution in [2.24, 2.45) is 5.92 Å². The molecule has 1 fully saturated rings. The molecule has 1 atom stereocenters. The van der Waals surface area contributed by atoms with Crippen molar-refractivity contribution in [2.45, 2.75) is 12.8 Å². The van der Waals surface area contributed by atoms with Crippen LogP contribution in [0.1, 0.15) is 12.8 Å². The minimum Gasteiger partial charge on any atom is -0.462 e. The highest BCUT2D eigenvalue weighted by Gasteiger charge is 2.33. The summed E-state index contributed by atoms with van der Waals surface area (Å²) in [7, 11) is 0. The first kappa shape index (κ1) is 6.58. The van der Waals surface area contributed by atoms with E-state index >= 15 is 0 Å². The summed E-state index contributed by atoms with van der Waals surface area (Å²) in [5.74, 6) is -0.0836. The zero-order chi connectivity index (χ0) is 7.84. The van der Waals surface area contributed by atoms with E-state index in [0.717, 1.165) is 6.42 Å². The molecule has 2 rings (SSSR count). The Morgan fingerprint density at radius 1 is 1.45 bits per heavy atom. The van der Waals surface area contributed by atoms with Crippen molar-refractivity contribution in [1.82, 2.24) is 0 Å². The fraction of sp³-hybridized carbons (Fsp3) is 0.500. The molecule has 1 aliphatic carbocycles. The second-order valence-corrected chi connectivity index (χ2v) is 2.89. The highest BCUT2D eigenvalue weighted by atomic mass is 16.5. The standard InChI is InChI=1S/C8H8O3/c9-6-3-5-1-2-11-8(10)7(5)4-6/h4-5H,1-3H2. The largest absolute Gasteiger partial charge is 0.462 e. The monoisotopic (exact) mass is 152 g/mol. The number of ether oxygens (including phenoxy) is 1.